The molecule has 5 atom stereocenters. The Balaban J connectivity index is 1.04. The van der Waals surface area contributed by atoms with Gasteiger partial charge in [0, 0.05) is 57.1 Å². The molecule has 1 spiro atoms. The summed E-state index contributed by atoms with van der Waals surface area (Å²) < 4.78 is 11.9. The van der Waals surface area contributed by atoms with Crippen molar-refractivity contribution in [1.29, 1.82) is 0 Å². The summed E-state index contributed by atoms with van der Waals surface area (Å²) in [6.45, 7) is 6.18. The van der Waals surface area contributed by atoms with Gasteiger partial charge in [0.1, 0.15) is 17.4 Å². The number of hydrogen-bond acceptors (Lipinski definition) is 7. The van der Waals surface area contributed by atoms with Gasteiger partial charge >= 0.3 is 0 Å². The van der Waals surface area contributed by atoms with Crippen LogP contribution in [0.25, 0.3) is 0 Å². The molecule has 0 aromatic heterocycles. The number of ether oxygens (including phenoxy) is 2. The van der Waals surface area contributed by atoms with Crippen molar-refractivity contribution in [3.05, 3.63) is 72.3 Å². The number of piperazine rings is 1. The lowest BCUT2D eigenvalue weighted by molar-refractivity contribution is -0.141. The van der Waals surface area contributed by atoms with Gasteiger partial charge in [-0.1, -0.05) is 67.8 Å². The highest BCUT2D eigenvalue weighted by atomic mass is 16.5. The minimum Gasteiger partial charge on any atom is -0.497 e. The zero-order valence-corrected chi connectivity index (χ0v) is 27.3. The first-order valence-corrected chi connectivity index (χ1v) is 17.4. The molecule has 2 bridgehead atoms. The minimum atomic E-state index is -1.15. The third-order valence-electron chi connectivity index (χ3n) is 10.8. The highest BCUT2D eigenvalue weighted by molar-refractivity contribution is 6.02. The molecule has 3 unspecified atom stereocenters. The predicted molar refractivity (Wildman–Crippen MR) is 179 cm³/mol. The van der Waals surface area contributed by atoms with Crippen LogP contribution in [0.1, 0.15) is 44.1 Å². The normalized spacial score (nSPS) is 29.2. The van der Waals surface area contributed by atoms with E-state index < -0.39 is 29.6 Å². The number of amides is 3. The summed E-state index contributed by atoms with van der Waals surface area (Å²) in [5.74, 6) is -1.48. The molecule has 10 heteroatoms. The molecule has 3 amide bonds. The van der Waals surface area contributed by atoms with E-state index in [4.69, 9.17) is 9.47 Å². The van der Waals surface area contributed by atoms with Gasteiger partial charge in [-0.25, -0.2) is 0 Å². The summed E-state index contributed by atoms with van der Waals surface area (Å²) in [5, 5.41) is 6.27. The van der Waals surface area contributed by atoms with Crippen LogP contribution in [-0.2, 0) is 25.7 Å². The Labute approximate surface area is 277 Å². The molecule has 10 nitrogen and oxygen atoms in total. The van der Waals surface area contributed by atoms with Gasteiger partial charge < -0.3 is 29.9 Å². The Hall–Kier alpha value is -3.73. The van der Waals surface area contributed by atoms with E-state index in [0.717, 1.165) is 71.4 Å². The molecule has 2 aromatic carbocycles. The van der Waals surface area contributed by atoms with Crippen LogP contribution in [0.4, 0.5) is 5.69 Å². The second kappa shape index (κ2) is 13.8. The van der Waals surface area contributed by atoms with Crippen LogP contribution >= 0.6 is 0 Å². The van der Waals surface area contributed by atoms with Crippen molar-refractivity contribution in [2.24, 2.45) is 11.8 Å². The van der Waals surface area contributed by atoms with Crippen LogP contribution < -0.4 is 15.4 Å². The second-order valence-electron chi connectivity index (χ2n) is 13.8. The lowest BCUT2D eigenvalue weighted by atomic mass is 9.74. The van der Waals surface area contributed by atoms with Gasteiger partial charge in [-0.05, 0) is 43.5 Å². The summed E-state index contributed by atoms with van der Waals surface area (Å²) in [6.07, 6.45) is 9.22. The zero-order chi connectivity index (χ0) is 32.4. The van der Waals surface area contributed by atoms with Gasteiger partial charge in [0.15, 0.2) is 0 Å². The number of carbonyl (C=O) groups is 3. The van der Waals surface area contributed by atoms with Crippen LogP contribution in [0.15, 0.2) is 66.7 Å². The first kappa shape index (κ1) is 31.8. The molecule has 0 radical (unpaired) electrons. The van der Waals surface area contributed by atoms with Crippen molar-refractivity contribution in [2.75, 3.05) is 51.7 Å². The Morgan fingerprint density at radius 2 is 1.70 bits per heavy atom. The van der Waals surface area contributed by atoms with E-state index in [1.165, 1.54) is 12.0 Å². The maximum absolute atomic E-state index is 14.4. The third-order valence-corrected chi connectivity index (χ3v) is 10.8. The van der Waals surface area contributed by atoms with E-state index in [9.17, 15) is 14.4 Å². The summed E-state index contributed by atoms with van der Waals surface area (Å²) >= 11 is 0. The van der Waals surface area contributed by atoms with Gasteiger partial charge in [-0.3, -0.25) is 19.3 Å². The molecule has 2 aromatic rings. The highest BCUT2D eigenvalue weighted by Crippen LogP contribution is 2.55. The summed E-state index contributed by atoms with van der Waals surface area (Å²) in [5.41, 5.74) is 0.768. The Kier molecular flexibility index (Phi) is 9.34. The van der Waals surface area contributed by atoms with Gasteiger partial charge in [-0.2, -0.15) is 0 Å². The Morgan fingerprint density at radius 3 is 2.47 bits per heavy atom. The van der Waals surface area contributed by atoms with Crippen LogP contribution in [0.5, 0.6) is 5.75 Å². The Bertz CT molecular complexity index is 1470. The summed E-state index contributed by atoms with van der Waals surface area (Å²) in [7, 11) is 1.58. The quantitative estimate of drug-likeness (QED) is 0.363. The van der Waals surface area contributed by atoms with E-state index in [2.05, 4.69) is 44.7 Å². The zero-order valence-electron chi connectivity index (χ0n) is 27.3. The maximum atomic E-state index is 14.4. The van der Waals surface area contributed by atoms with Crippen LogP contribution in [0.2, 0.25) is 0 Å². The van der Waals surface area contributed by atoms with Crippen molar-refractivity contribution in [3.63, 3.8) is 0 Å². The highest BCUT2D eigenvalue weighted by Gasteiger charge is 2.72. The first-order valence-electron chi connectivity index (χ1n) is 17.4. The number of anilines is 1. The topological polar surface area (TPSA) is 103 Å². The molecule has 250 valence electrons. The SMILES string of the molecule is COc1cccc(NC(=O)C2[C@H]3C=CC4(O3)C(C(=O)NC3CCCCC3)N(CCCN3CCN(Cc5ccccc5)CC3)C(=O)[C@@H]24)c1. The molecule has 1 saturated carbocycles. The third kappa shape index (κ3) is 6.43. The van der Waals surface area contributed by atoms with Crippen molar-refractivity contribution < 1.29 is 23.9 Å². The average Bonchev–Trinajstić information content (AvgIpc) is 3.74. The fourth-order valence-corrected chi connectivity index (χ4v) is 8.44. The largest absolute Gasteiger partial charge is 0.497 e. The number of likely N-dealkylation sites (tertiary alicyclic amines) is 1. The van der Waals surface area contributed by atoms with E-state index in [1.54, 1.807) is 24.1 Å². The van der Waals surface area contributed by atoms with Gasteiger partial charge in [0.25, 0.3) is 0 Å². The standard InChI is InChI=1S/C37H47N5O5/c1-46-29-15-8-14-28(24-29)39-34(43)31-30-16-17-37(47-30)32(31)36(45)42(33(37)35(44)38-27-12-6-3-7-13-27)19-9-18-40-20-22-41(23-21-40)25-26-10-4-2-5-11-26/h2,4-5,8,10-11,14-17,24,27,30-33H,3,6-7,9,12-13,18-23,25H2,1H3,(H,38,44)(H,39,43)/t30-,31?,32-,33?,37?/m1/s1. The monoisotopic (exact) mass is 641 g/mol. The molecule has 3 saturated heterocycles. The molecule has 5 aliphatic rings. The van der Waals surface area contributed by atoms with E-state index >= 15 is 0 Å². The molecule has 4 fully saturated rings. The molecule has 2 N–H and O–H groups in total. The fourth-order valence-electron chi connectivity index (χ4n) is 8.44. The predicted octanol–water partition coefficient (Wildman–Crippen LogP) is 3.44. The van der Waals surface area contributed by atoms with Crippen LogP contribution in [0, 0.1) is 11.8 Å². The maximum Gasteiger partial charge on any atom is 0.246 e. The van der Waals surface area contributed by atoms with E-state index in [-0.39, 0.29) is 23.8 Å². The minimum absolute atomic E-state index is 0.102. The number of nitrogens with one attached hydrogen (secondary N) is 2. The fraction of sp³-hybridized carbons (Fsp3) is 0.541. The molecular formula is C37H47N5O5. The van der Waals surface area contributed by atoms with E-state index in [1.807, 2.05) is 30.4 Å². The number of nitrogens with zero attached hydrogens (tertiary/aromatic N) is 3. The summed E-state index contributed by atoms with van der Waals surface area (Å²) in [4.78, 5) is 49.0. The van der Waals surface area contributed by atoms with Gasteiger partial charge in [-0.15, -0.1) is 0 Å². The molecule has 47 heavy (non-hydrogen) atoms. The number of fused-ring (bicyclic) bond motifs is 1. The molecule has 4 heterocycles. The average molecular weight is 642 g/mol. The lowest BCUT2D eigenvalue weighted by Crippen LogP contribution is -2.56. The van der Waals surface area contributed by atoms with Crippen LogP contribution in [-0.4, -0.2) is 103 Å². The van der Waals surface area contributed by atoms with Gasteiger partial charge in [0.2, 0.25) is 17.7 Å². The molecule has 1 aliphatic carbocycles. The second-order valence-corrected chi connectivity index (χ2v) is 13.8. The summed E-state index contributed by atoms with van der Waals surface area (Å²) in [6, 6.07) is 17.0. The first-order chi connectivity index (χ1) is 22.9. The van der Waals surface area contributed by atoms with Crippen molar-refractivity contribution in [1.82, 2.24) is 20.0 Å². The van der Waals surface area contributed by atoms with E-state index in [0.29, 0.717) is 18.0 Å². The number of rotatable bonds is 11. The van der Waals surface area contributed by atoms with Gasteiger partial charge in [0.05, 0.1) is 25.0 Å². The van der Waals surface area contributed by atoms with Crippen molar-refractivity contribution in [3.8, 4) is 5.75 Å². The Morgan fingerprint density at radius 1 is 0.936 bits per heavy atom. The number of methoxy groups -OCH3 is 1. The number of hydrogen-bond donors (Lipinski definition) is 2. The van der Waals surface area contributed by atoms with Crippen LogP contribution in [0.3, 0.4) is 0 Å². The molecule has 4 aliphatic heterocycles. The smallest absolute Gasteiger partial charge is 0.246 e. The van der Waals surface area contributed by atoms with Crippen molar-refractivity contribution >= 4 is 23.4 Å². The molecular weight excluding hydrogens is 594 g/mol. The number of carbonyl (C=O) groups excluding carboxylic acids is 3. The number of benzene rings is 2. The lowest BCUT2D eigenvalue weighted by Gasteiger charge is -2.36. The molecule has 7 rings (SSSR count). The van der Waals surface area contributed by atoms with Crippen molar-refractivity contribution in [2.45, 2.75) is 68.9 Å².